The van der Waals surface area contributed by atoms with Crippen molar-refractivity contribution in [2.45, 2.75) is 32.4 Å². The SMILES string of the molecule is Cc1nc(N)ncc1C(=O)NC1CCN(Cc2cccnc2)CC1. The van der Waals surface area contributed by atoms with Crippen LogP contribution in [0.1, 0.15) is 34.5 Å². The predicted octanol–water partition coefficient (Wildman–Crippen LogP) is 1.16. The highest BCUT2D eigenvalue weighted by Gasteiger charge is 2.22. The van der Waals surface area contributed by atoms with E-state index in [4.69, 9.17) is 5.73 Å². The average Bonchev–Trinajstić information content (AvgIpc) is 2.57. The maximum absolute atomic E-state index is 12.4. The third-order valence-electron chi connectivity index (χ3n) is 4.29. The summed E-state index contributed by atoms with van der Waals surface area (Å²) in [7, 11) is 0. The Morgan fingerprint density at radius 1 is 1.38 bits per heavy atom. The summed E-state index contributed by atoms with van der Waals surface area (Å²) < 4.78 is 0. The molecule has 7 heteroatoms. The van der Waals surface area contributed by atoms with Gasteiger partial charge < -0.3 is 11.1 Å². The van der Waals surface area contributed by atoms with Crippen LogP contribution in [-0.4, -0.2) is 44.9 Å². The fraction of sp³-hybridized carbons (Fsp3) is 0.412. The lowest BCUT2D eigenvalue weighted by atomic mass is 10.0. The molecular formula is C17H22N6O. The Morgan fingerprint density at radius 2 is 2.17 bits per heavy atom. The minimum absolute atomic E-state index is 0.127. The van der Waals surface area contributed by atoms with Gasteiger partial charge in [-0.15, -0.1) is 0 Å². The third-order valence-corrected chi connectivity index (χ3v) is 4.29. The Balaban J connectivity index is 1.51. The summed E-state index contributed by atoms with van der Waals surface area (Å²) in [5.74, 6) is 0.0611. The number of nitrogens with two attached hydrogens (primary N) is 1. The number of nitrogens with one attached hydrogen (secondary N) is 1. The van der Waals surface area contributed by atoms with Crippen molar-refractivity contribution in [3.8, 4) is 0 Å². The number of nitrogen functional groups attached to an aromatic ring is 1. The Hall–Kier alpha value is -2.54. The smallest absolute Gasteiger partial charge is 0.254 e. The molecule has 3 N–H and O–H groups in total. The number of carbonyl (C=O) groups is 1. The molecule has 0 atom stereocenters. The number of carbonyl (C=O) groups excluding carboxylic acids is 1. The van der Waals surface area contributed by atoms with Crippen LogP contribution in [0.15, 0.2) is 30.7 Å². The van der Waals surface area contributed by atoms with E-state index in [1.807, 2.05) is 12.3 Å². The van der Waals surface area contributed by atoms with Crippen LogP contribution in [0.2, 0.25) is 0 Å². The summed E-state index contributed by atoms with van der Waals surface area (Å²) in [6.45, 7) is 4.58. The number of hydrogen-bond donors (Lipinski definition) is 2. The maximum atomic E-state index is 12.4. The molecule has 1 fully saturated rings. The Kier molecular flexibility index (Phi) is 5.00. The van der Waals surface area contributed by atoms with Gasteiger partial charge in [0, 0.05) is 44.3 Å². The largest absolute Gasteiger partial charge is 0.368 e. The molecule has 3 rings (SSSR count). The second-order valence-electron chi connectivity index (χ2n) is 6.11. The highest BCUT2D eigenvalue weighted by atomic mass is 16.1. The van der Waals surface area contributed by atoms with Crippen LogP contribution >= 0.6 is 0 Å². The first-order valence-corrected chi connectivity index (χ1v) is 8.13. The number of amides is 1. The highest BCUT2D eigenvalue weighted by Crippen LogP contribution is 2.14. The zero-order chi connectivity index (χ0) is 16.9. The zero-order valence-electron chi connectivity index (χ0n) is 13.8. The molecule has 0 radical (unpaired) electrons. The summed E-state index contributed by atoms with van der Waals surface area (Å²) in [4.78, 5) is 26.8. The summed E-state index contributed by atoms with van der Waals surface area (Å²) in [5.41, 5.74) is 7.84. The molecule has 7 nitrogen and oxygen atoms in total. The van der Waals surface area contributed by atoms with Crippen molar-refractivity contribution in [1.29, 1.82) is 0 Å². The molecule has 24 heavy (non-hydrogen) atoms. The van der Waals surface area contributed by atoms with E-state index in [1.54, 1.807) is 13.1 Å². The third kappa shape index (κ3) is 4.05. The maximum Gasteiger partial charge on any atom is 0.254 e. The molecule has 0 aliphatic carbocycles. The van der Waals surface area contributed by atoms with Gasteiger partial charge in [-0.05, 0) is 31.4 Å². The normalized spacial score (nSPS) is 16.0. The molecule has 1 aliphatic rings. The van der Waals surface area contributed by atoms with Crippen molar-refractivity contribution in [1.82, 2.24) is 25.2 Å². The molecule has 3 heterocycles. The number of anilines is 1. The number of piperidine rings is 1. The van der Waals surface area contributed by atoms with Crippen molar-refractivity contribution in [3.05, 3.63) is 47.5 Å². The van der Waals surface area contributed by atoms with Gasteiger partial charge in [-0.25, -0.2) is 9.97 Å². The second-order valence-corrected chi connectivity index (χ2v) is 6.11. The first kappa shape index (κ1) is 16.3. The van der Waals surface area contributed by atoms with E-state index in [-0.39, 0.29) is 17.9 Å². The molecule has 1 saturated heterocycles. The Bertz CT molecular complexity index is 697. The van der Waals surface area contributed by atoms with Gasteiger partial charge in [0.25, 0.3) is 5.91 Å². The molecule has 1 amide bonds. The monoisotopic (exact) mass is 326 g/mol. The fourth-order valence-electron chi connectivity index (χ4n) is 2.96. The van der Waals surface area contributed by atoms with Crippen molar-refractivity contribution < 1.29 is 4.79 Å². The Labute approximate surface area is 141 Å². The van der Waals surface area contributed by atoms with Crippen molar-refractivity contribution in [3.63, 3.8) is 0 Å². The van der Waals surface area contributed by atoms with Crippen LogP contribution in [0.4, 0.5) is 5.95 Å². The standard InChI is InChI=1S/C17H22N6O/c1-12-15(10-20-17(18)21-12)16(24)22-14-4-7-23(8-5-14)11-13-3-2-6-19-9-13/h2-3,6,9-10,14H,4-5,7-8,11H2,1H3,(H,22,24)(H2,18,20,21). The first-order valence-electron chi connectivity index (χ1n) is 8.13. The van der Waals surface area contributed by atoms with E-state index in [1.165, 1.54) is 11.8 Å². The molecule has 0 unspecified atom stereocenters. The van der Waals surface area contributed by atoms with Crippen LogP contribution in [0, 0.1) is 6.92 Å². The lowest BCUT2D eigenvalue weighted by molar-refractivity contribution is 0.0907. The molecule has 2 aromatic heterocycles. The molecule has 0 bridgehead atoms. The summed E-state index contributed by atoms with van der Waals surface area (Å²) in [6, 6.07) is 4.23. The minimum atomic E-state index is -0.127. The summed E-state index contributed by atoms with van der Waals surface area (Å²) >= 11 is 0. The summed E-state index contributed by atoms with van der Waals surface area (Å²) in [5, 5.41) is 3.08. The number of likely N-dealkylation sites (tertiary alicyclic amines) is 1. The van der Waals surface area contributed by atoms with Crippen LogP contribution in [0.25, 0.3) is 0 Å². The van der Waals surface area contributed by atoms with Gasteiger partial charge in [0.2, 0.25) is 5.95 Å². The predicted molar refractivity (Wildman–Crippen MR) is 91.2 cm³/mol. The van der Waals surface area contributed by atoms with Crippen LogP contribution in [0.5, 0.6) is 0 Å². The van der Waals surface area contributed by atoms with Crippen LogP contribution < -0.4 is 11.1 Å². The van der Waals surface area contributed by atoms with E-state index in [0.717, 1.165) is 32.5 Å². The van der Waals surface area contributed by atoms with Gasteiger partial charge in [0.1, 0.15) is 0 Å². The van der Waals surface area contributed by atoms with Crippen LogP contribution in [-0.2, 0) is 6.54 Å². The van der Waals surface area contributed by atoms with E-state index < -0.39 is 0 Å². The minimum Gasteiger partial charge on any atom is -0.368 e. The number of aromatic nitrogens is 3. The average molecular weight is 326 g/mol. The molecular weight excluding hydrogens is 304 g/mol. The van der Waals surface area contributed by atoms with Crippen molar-refractivity contribution in [2.75, 3.05) is 18.8 Å². The lowest BCUT2D eigenvalue weighted by Crippen LogP contribution is -2.44. The number of hydrogen-bond acceptors (Lipinski definition) is 6. The quantitative estimate of drug-likeness (QED) is 0.875. The topological polar surface area (TPSA) is 97.0 Å². The van der Waals surface area contributed by atoms with Gasteiger partial charge in [0.15, 0.2) is 0 Å². The molecule has 126 valence electrons. The van der Waals surface area contributed by atoms with E-state index >= 15 is 0 Å². The van der Waals surface area contributed by atoms with Gasteiger partial charge in [0.05, 0.1) is 11.3 Å². The first-order chi connectivity index (χ1) is 11.6. The molecule has 2 aromatic rings. The number of pyridine rings is 1. The summed E-state index contributed by atoms with van der Waals surface area (Å²) in [6.07, 6.45) is 7.04. The van der Waals surface area contributed by atoms with Gasteiger partial charge >= 0.3 is 0 Å². The highest BCUT2D eigenvalue weighted by molar-refractivity contribution is 5.95. The van der Waals surface area contributed by atoms with Gasteiger partial charge in [-0.1, -0.05) is 6.07 Å². The van der Waals surface area contributed by atoms with Gasteiger partial charge in [-0.2, -0.15) is 0 Å². The fourth-order valence-corrected chi connectivity index (χ4v) is 2.96. The van der Waals surface area contributed by atoms with E-state index in [9.17, 15) is 4.79 Å². The molecule has 0 aromatic carbocycles. The molecule has 0 saturated carbocycles. The molecule has 0 spiro atoms. The van der Waals surface area contributed by atoms with Gasteiger partial charge in [-0.3, -0.25) is 14.7 Å². The number of rotatable bonds is 4. The number of nitrogens with zero attached hydrogens (tertiary/aromatic N) is 4. The Morgan fingerprint density at radius 3 is 2.83 bits per heavy atom. The molecule has 1 aliphatic heterocycles. The zero-order valence-corrected chi connectivity index (χ0v) is 13.8. The van der Waals surface area contributed by atoms with Crippen LogP contribution in [0.3, 0.4) is 0 Å². The lowest BCUT2D eigenvalue weighted by Gasteiger charge is -2.32. The second kappa shape index (κ2) is 7.35. The van der Waals surface area contributed by atoms with Crippen molar-refractivity contribution in [2.24, 2.45) is 0 Å². The number of aryl methyl sites for hydroxylation is 1. The van der Waals surface area contributed by atoms with Crippen molar-refractivity contribution >= 4 is 11.9 Å². The van der Waals surface area contributed by atoms with E-state index in [0.29, 0.717) is 11.3 Å². The van der Waals surface area contributed by atoms with E-state index in [2.05, 4.69) is 31.2 Å².